The van der Waals surface area contributed by atoms with Crippen molar-refractivity contribution in [2.45, 2.75) is 31.8 Å². The van der Waals surface area contributed by atoms with Gasteiger partial charge < -0.3 is 24.7 Å². The maximum absolute atomic E-state index is 11.1. The van der Waals surface area contributed by atoms with Crippen LogP contribution in [0.25, 0.3) is 10.9 Å². The fourth-order valence-electron chi connectivity index (χ4n) is 3.10. The monoisotopic (exact) mass is 274 g/mol. The van der Waals surface area contributed by atoms with Gasteiger partial charge >= 0.3 is 0 Å². The number of aromatic amines is 1. The number of carbonyl (C=O) groups is 1. The van der Waals surface area contributed by atoms with E-state index < -0.39 is 11.6 Å². The smallest absolute Gasteiger partial charge is 0.139 e. The molecule has 1 aromatic carbocycles. The third-order valence-corrected chi connectivity index (χ3v) is 4.11. The number of fused-ring (bicyclic) bond motifs is 3. The number of carboxylic acid groups (broad SMARTS) is 1. The number of hydrogen-bond acceptors (Lipinski definition) is 4. The molecule has 0 amide bonds. The van der Waals surface area contributed by atoms with E-state index >= 15 is 0 Å². The largest absolute Gasteiger partial charge is 0.550 e. The molecule has 106 valence electrons. The van der Waals surface area contributed by atoms with Crippen molar-refractivity contribution >= 4 is 16.9 Å². The summed E-state index contributed by atoms with van der Waals surface area (Å²) in [5.74, 6) is -0.974. The summed E-state index contributed by atoms with van der Waals surface area (Å²) < 4.78 is 5.79. The second-order valence-corrected chi connectivity index (χ2v) is 5.17. The van der Waals surface area contributed by atoms with Crippen molar-refractivity contribution in [1.82, 2.24) is 4.98 Å². The summed E-state index contributed by atoms with van der Waals surface area (Å²) in [6, 6.07) is 5.32. The van der Waals surface area contributed by atoms with Crippen molar-refractivity contribution in [3.8, 4) is 5.75 Å². The van der Waals surface area contributed by atoms with Crippen LogP contribution in [0, 0.1) is 0 Å². The molecule has 0 saturated heterocycles. The molecule has 2 aromatic rings. The zero-order valence-electron chi connectivity index (χ0n) is 11.2. The second kappa shape index (κ2) is 4.52. The molecule has 2 heterocycles. The molecule has 0 bridgehead atoms. The molecular formula is C15H16NO4-. The number of nitrogens with one attached hydrogen (secondary N) is 1. The highest BCUT2D eigenvalue weighted by Gasteiger charge is 2.39. The Bertz CT molecular complexity index is 676. The number of H-pyrrole nitrogens is 1. The lowest BCUT2D eigenvalue weighted by atomic mass is 9.86. The summed E-state index contributed by atoms with van der Waals surface area (Å²) in [4.78, 5) is 14.2. The minimum atomic E-state index is -1.14. The Morgan fingerprint density at radius 2 is 2.35 bits per heavy atom. The molecule has 20 heavy (non-hydrogen) atoms. The van der Waals surface area contributed by atoms with Crippen LogP contribution < -0.4 is 5.11 Å². The molecule has 5 nitrogen and oxygen atoms in total. The molecule has 5 heteroatoms. The first-order chi connectivity index (χ1) is 9.57. The maximum atomic E-state index is 11.1. The summed E-state index contributed by atoms with van der Waals surface area (Å²) in [6.07, 6.45) is 1.04. The number of ether oxygens (including phenoxy) is 1. The Morgan fingerprint density at radius 1 is 1.55 bits per heavy atom. The van der Waals surface area contributed by atoms with Crippen molar-refractivity contribution in [1.29, 1.82) is 0 Å². The van der Waals surface area contributed by atoms with E-state index in [-0.39, 0.29) is 12.2 Å². The normalized spacial score (nSPS) is 21.9. The van der Waals surface area contributed by atoms with Gasteiger partial charge in [-0.3, -0.25) is 0 Å². The summed E-state index contributed by atoms with van der Waals surface area (Å²) in [5.41, 5.74) is 1.54. The van der Waals surface area contributed by atoms with Crippen molar-refractivity contribution in [3.05, 3.63) is 29.5 Å². The highest BCUT2D eigenvalue weighted by atomic mass is 16.5. The van der Waals surface area contributed by atoms with Gasteiger partial charge in [-0.2, -0.15) is 0 Å². The highest BCUT2D eigenvalue weighted by Crippen LogP contribution is 2.42. The number of phenols is 1. The van der Waals surface area contributed by atoms with Crippen LogP contribution in [0.15, 0.2) is 18.2 Å². The lowest BCUT2D eigenvalue weighted by molar-refractivity contribution is -0.311. The zero-order valence-corrected chi connectivity index (χ0v) is 11.2. The van der Waals surface area contributed by atoms with Crippen LogP contribution in [0.3, 0.4) is 0 Å². The van der Waals surface area contributed by atoms with E-state index in [9.17, 15) is 15.0 Å². The molecule has 1 atom stereocenters. The van der Waals surface area contributed by atoms with E-state index in [1.165, 1.54) is 0 Å². The number of carboxylic acids is 1. The average molecular weight is 274 g/mol. The summed E-state index contributed by atoms with van der Waals surface area (Å²) in [6.45, 7) is 2.36. The molecule has 2 N–H and O–H groups in total. The Kier molecular flexibility index (Phi) is 2.94. The van der Waals surface area contributed by atoms with Crippen molar-refractivity contribution in [2.75, 3.05) is 6.61 Å². The number of carbonyl (C=O) groups excluding carboxylic acids is 1. The summed E-state index contributed by atoms with van der Waals surface area (Å²) in [7, 11) is 0. The Balaban J connectivity index is 2.24. The Hall–Kier alpha value is -2.01. The van der Waals surface area contributed by atoms with Gasteiger partial charge in [0.15, 0.2) is 0 Å². The van der Waals surface area contributed by atoms with E-state index in [0.717, 1.165) is 16.6 Å². The van der Waals surface area contributed by atoms with Crippen LogP contribution in [-0.4, -0.2) is 22.7 Å². The molecule has 1 aliphatic rings. The van der Waals surface area contributed by atoms with Crippen LogP contribution in [0.2, 0.25) is 0 Å². The van der Waals surface area contributed by atoms with Crippen molar-refractivity contribution < 1.29 is 19.7 Å². The van der Waals surface area contributed by atoms with Crippen LogP contribution in [0.4, 0.5) is 0 Å². The molecular weight excluding hydrogens is 258 g/mol. The fraction of sp³-hybridized carbons (Fsp3) is 0.400. The molecule has 1 aromatic heterocycles. The number of aliphatic carboxylic acids is 1. The first-order valence-electron chi connectivity index (χ1n) is 6.74. The number of para-hydroxylation sites is 1. The van der Waals surface area contributed by atoms with E-state index in [1.807, 2.05) is 13.0 Å². The number of phenolic OH excluding ortho intramolecular Hbond substituents is 1. The van der Waals surface area contributed by atoms with Crippen LogP contribution in [0.5, 0.6) is 5.75 Å². The number of rotatable bonds is 3. The molecule has 0 spiro atoms. The topological polar surface area (TPSA) is 85.4 Å². The first kappa shape index (κ1) is 13.0. The Labute approximate surface area is 116 Å². The van der Waals surface area contributed by atoms with Gasteiger partial charge in [0.05, 0.1) is 17.8 Å². The minimum absolute atomic E-state index is 0.162. The zero-order chi connectivity index (χ0) is 14.3. The van der Waals surface area contributed by atoms with Crippen LogP contribution in [-0.2, 0) is 21.6 Å². The standard InChI is InChI=1S/C15H17NO4/c1-2-15(8-12(18)19)14-10(6-7-20-15)9-4-3-5-11(17)13(9)16-14/h3-5,16-17H,2,6-8H2,1H3,(H,18,19)/p-1. The highest BCUT2D eigenvalue weighted by molar-refractivity contribution is 5.90. The number of benzene rings is 1. The van der Waals surface area contributed by atoms with Gasteiger partial charge in [0.25, 0.3) is 0 Å². The van der Waals surface area contributed by atoms with Crippen molar-refractivity contribution in [3.63, 3.8) is 0 Å². The maximum Gasteiger partial charge on any atom is 0.139 e. The average Bonchev–Trinajstić information content (AvgIpc) is 2.80. The number of hydrogen-bond donors (Lipinski definition) is 2. The quantitative estimate of drug-likeness (QED) is 0.880. The fourth-order valence-corrected chi connectivity index (χ4v) is 3.10. The summed E-state index contributed by atoms with van der Waals surface area (Å²) >= 11 is 0. The predicted molar refractivity (Wildman–Crippen MR) is 71.2 cm³/mol. The van der Waals surface area contributed by atoms with E-state index in [2.05, 4.69) is 4.98 Å². The SMILES string of the molecule is CCC1(CC(=O)[O-])OCCc2c1[nH]c1c(O)cccc21. The first-order valence-corrected chi connectivity index (χ1v) is 6.74. The molecule has 1 unspecified atom stereocenters. The molecule has 0 saturated carbocycles. The van der Waals surface area contributed by atoms with E-state index in [0.29, 0.717) is 25.0 Å². The van der Waals surface area contributed by atoms with Gasteiger partial charge in [0.2, 0.25) is 0 Å². The molecule has 0 aliphatic carbocycles. The third kappa shape index (κ3) is 1.78. The Morgan fingerprint density at radius 3 is 3.05 bits per heavy atom. The minimum Gasteiger partial charge on any atom is -0.550 e. The van der Waals surface area contributed by atoms with Gasteiger partial charge in [-0.1, -0.05) is 19.1 Å². The lowest BCUT2D eigenvalue weighted by Crippen LogP contribution is -2.41. The van der Waals surface area contributed by atoms with Crippen LogP contribution in [0.1, 0.15) is 31.0 Å². The van der Waals surface area contributed by atoms with Crippen LogP contribution >= 0.6 is 0 Å². The molecule has 0 radical (unpaired) electrons. The number of aromatic hydroxyl groups is 1. The third-order valence-electron chi connectivity index (χ3n) is 4.11. The lowest BCUT2D eigenvalue weighted by Gasteiger charge is -2.37. The molecule has 3 rings (SSSR count). The molecule has 0 fully saturated rings. The van der Waals surface area contributed by atoms with Gasteiger partial charge in [-0.25, -0.2) is 0 Å². The van der Waals surface area contributed by atoms with Gasteiger partial charge in [0, 0.05) is 17.8 Å². The second-order valence-electron chi connectivity index (χ2n) is 5.17. The molecule has 1 aliphatic heterocycles. The predicted octanol–water partition coefficient (Wildman–Crippen LogP) is 1.19. The van der Waals surface area contributed by atoms with Crippen molar-refractivity contribution in [2.24, 2.45) is 0 Å². The van der Waals surface area contributed by atoms with Gasteiger partial charge in [-0.15, -0.1) is 0 Å². The summed E-state index contributed by atoms with van der Waals surface area (Å²) in [5, 5.41) is 21.9. The van der Waals surface area contributed by atoms with E-state index in [1.54, 1.807) is 12.1 Å². The van der Waals surface area contributed by atoms with E-state index in [4.69, 9.17) is 4.74 Å². The van der Waals surface area contributed by atoms with Gasteiger partial charge in [-0.05, 0) is 24.5 Å². The number of aromatic nitrogens is 1. The van der Waals surface area contributed by atoms with Gasteiger partial charge in [0.1, 0.15) is 11.4 Å².